The van der Waals surface area contributed by atoms with Crippen molar-refractivity contribution in [3.63, 3.8) is 0 Å². The van der Waals surface area contributed by atoms with Gasteiger partial charge in [0.2, 0.25) is 0 Å². The molecule has 1 fully saturated rings. The van der Waals surface area contributed by atoms with Crippen molar-refractivity contribution >= 4 is 31.3 Å². The van der Waals surface area contributed by atoms with Gasteiger partial charge in [0.25, 0.3) is 5.91 Å². The fraction of sp³-hybridized carbons (Fsp3) is 0.278. The van der Waals surface area contributed by atoms with Crippen molar-refractivity contribution in [2.24, 2.45) is 0 Å². The van der Waals surface area contributed by atoms with Crippen LogP contribution in [0.4, 0.5) is 18.9 Å². The topological polar surface area (TPSA) is 97.4 Å². The summed E-state index contributed by atoms with van der Waals surface area (Å²) in [7, 11) is -7.22. The fourth-order valence-electron chi connectivity index (χ4n) is 2.94. The Balaban J connectivity index is 1.72. The largest absolute Gasteiger partial charge is 0.416 e. The van der Waals surface area contributed by atoms with E-state index in [0.717, 1.165) is 24.3 Å². The molecule has 156 valence electrons. The van der Waals surface area contributed by atoms with Crippen LogP contribution in [0, 0.1) is 0 Å². The average Bonchev–Trinajstić information content (AvgIpc) is 3.02. The number of alkyl halides is 3. The van der Waals surface area contributed by atoms with E-state index in [0.29, 0.717) is 0 Å². The van der Waals surface area contributed by atoms with Crippen LogP contribution in [0.15, 0.2) is 53.4 Å². The van der Waals surface area contributed by atoms with Crippen LogP contribution in [0.3, 0.4) is 0 Å². The molecule has 0 saturated carbocycles. The standard InChI is InChI=1S/C18H16F3NO5S2/c19-18(20,21)13-3-5-14(6-4-13)22-17(23)12-1-7-15(8-2-12)29(26,27)16-9-10-28(24,25)11-16/h1-8,16H,9-11H2,(H,22,23)/t16-/m1/s1. The van der Waals surface area contributed by atoms with Gasteiger partial charge in [0.1, 0.15) is 0 Å². The number of carbonyl (C=O) groups excluding carboxylic acids is 1. The van der Waals surface area contributed by atoms with Crippen LogP contribution in [0.25, 0.3) is 0 Å². The molecule has 0 spiro atoms. The molecule has 0 bridgehead atoms. The number of sulfone groups is 2. The highest BCUT2D eigenvalue weighted by atomic mass is 32.2. The Morgan fingerprint density at radius 3 is 2.07 bits per heavy atom. The van der Waals surface area contributed by atoms with Gasteiger partial charge in [0, 0.05) is 11.3 Å². The molecule has 29 heavy (non-hydrogen) atoms. The lowest BCUT2D eigenvalue weighted by molar-refractivity contribution is -0.137. The predicted molar refractivity (Wildman–Crippen MR) is 100 cm³/mol. The van der Waals surface area contributed by atoms with E-state index in [-0.39, 0.29) is 28.3 Å². The van der Waals surface area contributed by atoms with Crippen LogP contribution in [0.5, 0.6) is 0 Å². The molecule has 0 unspecified atom stereocenters. The van der Waals surface area contributed by atoms with Crippen molar-refractivity contribution in [1.29, 1.82) is 0 Å². The third-order valence-corrected chi connectivity index (χ3v) is 8.73. The van der Waals surface area contributed by atoms with Gasteiger partial charge in [-0.05, 0) is 55.0 Å². The minimum atomic E-state index is -4.48. The van der Waals surface area contributed by atoms with Gasteiger partial charge in [0.15, 0.2) is 19.7 Å². The highest BCUT2D eigenvalue weighted by Crippen LogP contribution is 2.30. The summed E-state index contributed by atoms with van der Waals surface area (Å²) in [6.45, 7) is 0. The maximum absolute atomic E-state index is 12.6. The van der Waals surface area contributed by atoms with E-state index in [1.165, 1.54) is 24.3 Å². The van der Waals surface area contributed by atoms with Gasteiger partial charge >= 0.3 is 6.18 Å². The summed E-state index contributed by atoms with van der Waals surface area (Å²) in [5.41, 5.74) is -0.599. The highest BCUT2D eigenvalue weighted by Gasteiger charge is 2.38. The van der Waals surface area contributed by atoms with Crippen LogP contribution in [0.1, 0.15) is 22.3 Å². The van der Waals surface area contributed by atoms with E-state index in [2.05, 4.69) is 5.32 Å². The summed E-state index contributed by atoms with van der Waals surface area (Å²) < 4.78 is 85.9. The molecule has 0 radical (unpaired) electrons. The maximum atomic E-state index is 12.6. The Morgan fingerprint density at radius 2 is 1.59 bits per heavy atom. The van der Waals surface area contributed by atoms with Gasteiger partial charge in [-0.3, -0.25) is 4.79 Å². The monoisotopic (exact) mass is 447 g/mol. The van der Waals surface area contributed by atoms with Crippen molar-refractivity contribution in [2.45, 2.75) is 22.7 Å². The number of hydrogen-bond donors (Lipinski definition) is 1. The molecule has 1 heterocycles. The molecule has 1 saturated heterocycles. The highest BCUT2D eigenvalue weighted by molar-refractivity contribution is 7.96. The van der Waals surface area contributed by atoms with E-state index in [9.17, 15) is 34.8 Å². The molecular formula is C18H16F3NO5S2. The summed E-state index contributed by atoms with van der Waals surface area (Å²) in [5, 5.41) is 1.41. The molecule has 2 aromatic carbocycles. The SMILES string of the molecule is O=C(Nc1ccc(C(F)(F)F)cc1)c1ccc(S(=O)(=O)[C@@H]2CCS(=O)(=O)C2)cc1. The molecule has 1 atom stereocenters. The molecule has 0 aliphatic carbocycles. The molecule has 2 aromatic rings. The maximum Gasteiger partial charge on any atom is 0.416 e. The van der Waals surface area contributed by atoms with Crippen molar-refractivity contribution in [3.05, 3.63) is 59.7 Å². The van der Waals surface area contributed by atoms with E-state index >= 15 is 0 Å². The Hall–Kier alpha value is -2.40. The first-order chi connectivity index (χ1) is 13.4. The first-order valence-corrected chi connectivity index (χ1v) is 11.8. The van der Waals surface area contributed by atoms with Gasteiger partial charge < -0.3 is 5.32 Å². The summed E-state index contributed by atoms with van der Waals surface area (Å²) in [6.07, 6.45) is -4.46. The van der Waals surface area contributed by atoms with Gasteiger partial charge in [-0.2, -0.15) is 13.2 Å². The first-order valence-electron chi connectivity index (χ1n) is 8.41. The molecule has 1 aliphatic rings. The van der Waals surface area contributed by atoms with Gasteiger partial charge in [-0.25, -0.2) is 16.8 Å². The van der Waals surface area contributed by atoms with E-state index in [4.69, 9.17) is 0 Å². The van der Waals surface area contributed by atoms with Gasteiger partial charge in [-0.15, -0.1) is 0 Å². The fourth-order valence-corrected chi connectivity index (χ4v) is 7.30. The lowest BCUT2D eigenvalue weighted by Crippen LogP contribution is -2.22. The molecule has 1 N–H and O–H groups in total. The third kappa shape index (κ3) is 4.78. The number of halogens is 3. The Kier molecular flexibility index (Phi) is 5.48. The Labute approximate surface area is 165 Å². The van der Waals surface area contributed by atoms with Crippen molar-refractivity contribution in [2.75, 3.05) is 16.8 Å². The van der Waals surface area contributed by atoms with Gasteiger partial charge in [-0.1, -0.05) is 0 Å². The van der Waals surface area contributed by atoms with E-state index in [1.807, 2.05) is 0 Å². The number of amides is 1. The average molecular weight is 447 g/mol. The van der Waals surface area contributed by atoms with Crippen LogP contribution < -0.4 is 5.32 Å². The van der Waals surface area contributed by atoms with Crippen LogP contribution in [0.2, 0.25) is 0 Å². The summed E-state index contributed by atoms with van der Waals surface area (Å²) >= 11 is 0. The summed E-state index contributed by atoms with van der Waals surface area (Å²) in [6, 6.07) is 8.83. The Morgan fingerprint density at radius 1 is 1.00 bits per heavy atom. The molecule has 1 amide bonds. The minimum absolute atomic E-state index is 0.0286. The zero-order valence-electron chi connectivity index (χ0n) is 14.8. The number of nitrogens with one attached hydrogen (secondary N) is 1. The summed E-state index contributed by atoms with van der Waals surface area (Å²) in [5.74, 6) is -1.23. The lowest BCUT2D eigenvalue weighted by atomic mass is 10.2. The quantitative estimate of drug-likeness (QED) is 0.777. The number of hydrogen-bond acceptors (Lipinski definition) is 5. The van der Waals surface area contributed by atoms with Crippen LogP contribution in [-0.2, 0) is 25.9 Å². The number of benzene rings is 2. The third-order valence-electron chi connectivity index (χ3n) is 4.54. The second kappa shape index (κ2) is 7.45. The van der Waals surface area contributed by atoms with Crippen LogP contribution in [-0.4, -0.2) is 39.5 Å². The zero-order valence-corrected chi connectivity index (χ0v) is 16.4. The second-order valence-electron chi connectivity index (χ2n) is 6.62. The van der Waals surface area contributed by atoms with E-state index < -0.39 is 48.3 Å². The normalized spacial score (nSPS) is 19.1. The molecule has 0 aromatic heterocycles. The van der Waals surface area contributed by atoms with Crippen LogP contribution >= 0.6 is 0 Å². The number of anilines is 1. The first kappa shape index (κ1) is 21.3. The molecule has 6 nitrogen and oxygen atoms in total. The summed E-state index contributed by atoms with van der Waals surface area (Å²) in [4.78, 5) is 12.1. The van der Waals surface area contributed by atoms with Crippen molar-refractivity contribution < 1.29 is 34.8 Å². The zero-order chi connectivity index (χ0) is 21.4. The molecular weight excluding hydrogens is 431 g/mol. The molecule has 3 rings (SSSR count). The second-order valence-corrected chi connectivity index (χ2v) is 11.1. The Bertz CT molecular complexity index is 1120. The van der Waals surface area contributed by atoms with Crippen molar-refractivity contribution in [3.8, 4) is 0 Å². The lowest BCUT2D eigenvalue weighted by Gasteiger charge is -2.11. The number of rotatable bonds is 4. The number of carbonyl (C=O) groups is 1. The van der Waals surface area contributed by atoms with Gasteiger partial charge in [0.05, 0.1) is 27.2 Å². The molecule has 1 aliphatic heterocycles. The smallest absolute Gasteiger partial charge is 0.322 e. The minimum Gasteiger partial charge on any atom is -0.322 e. The molecule has 11 heteroatoms. The predicted octanol–water partition coefficient (Wildman–Crippen LogP) is 2.92. The van der Waals surface area contributed by atoms with E-state index in [1.54, 1.807) is 0 Å². The van der Waals surface area contributed by atoms with Crippen molar-refractivity contribution in [1.82, 2.24) is 0 Å².